The minimum Gasteiger partial charge on any atom is -0.393 e. The number of nitrogens with zero attached hydrogens (tertiary/aromatic N) is 1. The molecule has 0 aromatic carbocycles. The number of ketones is 2. The molecule has 0 aromatic heterocycles. The summed E-state index contributed by atoms with van der Waals surface area (Å²) in [5.41, 5.74) is 0.277. The van der Waals surface area contributed by atoms with Gasteiger partial charge in [0.15, 0.2) is 11.6 Å². The van der Waals surface area contributed by atoms with Gasteiger partial charge in [0, 0.05) is 34.9 Å². The first-order valence-corrected chi connectivity index (χ1v) is 14.2. The van der Waals surface area contributed by atoms with Crippen LogP contribution in [-0.2, 0) is 14.4 Å². The summed E-state index contributed by atoms with van der Waals surface area (Å²) in [6.07, 6.45) is 15.2. The van der Waals surface area contributed by atoms with E-state index in [1.54, 1.807) is 12.2 Å². The van der Waals surface area contributed by atoms with Gasteiger partial charge in [-0.3, -0.25) is 14.4 Å². The molecule has 0 aromatic rings. The van der Waals surface area contributed by atoms with Crippen LogP contribution in [0, 0.1) is 34.5 Å². The lowest BCUT2D eigenvalue weighted by Crippen LogP contribution is -2.62. The smallest absolute Gasteiger partial charge is 0.178 e. The number of halogens is 2. The molecule has 5 nitrogen and oxygen atoms in total. The van der Waals surface area contributed by atoms with E-state index in [0.717, 1.165) is 49.3 Å². The summed E-state index contributed by atoms with van der Waals surface area (Å²) < 4.78 is 0. The fourth-order valence-corrected chi connectivity index (χ4v) is 8.33. The van der Waals surface area contributed by atoms with Crippen molar-refractivity contribution in [2.75, 3.05) is 19.0 Å². The minimum absolute atomic E-state index is 0.0196. The number of hydroxylamine groups is 2. The zero-order valence-corrected chi connectivity index (χ0v) is 22.7. The molecule has 0 spiro atoms. The third kappa shape index (κ3) is 4.60. The van der Waals surface area contributed by atoms with E-state index in [4.69, 9.17) is 28.0 Å². The van der Waals surface area contributed by atoms with Gasteiger partial charge < -0.3 is 5.11 Å². The summed E-state index contributed by atoms with van der Waals surface area (Å²) in [6, 6.07) is 0. The van der Waals surface area contributed by atoms with Crippen molar-refractivity contribution >= 4 is 34.8 Å². The van der Waals surface area contributed by atoms with Gasteiger partial charge in [-0.2, -0.15) is 5.06 Å². The number of allylic oxidation sites excluding steroid dienone is 7. The summed E-state index contributed by atoms with van der Waals surface area (Å²) in [6.45, 7) is 5.74. The molecule has 4 aliphatic carbocycles. The number of Topliss-reactive ketones (excluding diaryl/α,β-unsaturated/α-hetero) is 1. The maximum atomic E-state index is 13.3. The highest BCUT2D eigenvalue weighted by Crippen LogP contribution is 2.62. The Morgan fingerprint density at radius 2 is 2.08 bits per heavy atom. The second-order valence-electron chi connectivity index (χ2n) is 11.9. The lowest BCUT2D eigenvalue weighted by atomic mass is 9.45. The number of hydrogen-bond donors (Lipinski definition) is 1. The van der Waals surface area contributed by atoms with E-state index in [9.17, 15) is 14.7 Å². The number of carbonyl (C=O) groups excluding carboxylic acids is 2. The van der Waals surface area contributed by atoms with Crippen molar-refractivity contribution in [1.29, 1.82) is 0 Å². The molecule has 1 N–H and O–H groups in total. The van der Waals surface area contributed by atoms with Gasteiger partial charge in [-0.15, -0.1) is 11.6 Å². The van der Waals surface area contributed by atoms with Crippen molar-refractivity contribution in [2.24, 2.45) is 34.5 Å². The molecule has 2 saturated carbocycles. The number of alkyl halides is 1. The summed E-state index contributed by atoms with van der Waals surface area (Å²) in [7, 11) is 0. The van der Waals surface area contributed by atoms with Gasteiger partial charge in [0.25, 0.3) is 0 Å². The molecule has 5 rings (SSSR count). The van der Waals surface area contributed by atoms with Gasteiger partial charge in [0.05, 0.1) is 12.0 Å². The molecule has 1 aliphatic heterocycles. The Labute approximate surface area is 224 Å². The van der Waals surface area contributed by atoms with Crippen LogP contribution in [0.3, 0.4) is 0 Å². The first-order chi connectivity index (χ1) is 17.2. The number of fused-ring (bicyclic) bond motifs is 5. The molecule has 5 aliphatic rings. The third-order valence-corrected chi connectivity index (χ3v) is 10.3. The highest BCUT2D eigenvalue weighted by Gasteiger charge is 2.61. The first kappa shape index (κ1) is 26.4. The summed E-state index contributed by atoms with van der Waals surface area (Å²) in [5, 5.41) is 14.4. The molecule has 0 radical (unpaired) electrons. The molecule has 36 heavy (non-hydrogen) atoms. The Balaban J connectivity index is 1.44. The van der Waals surface area contributed by atoms with Crippen LogP contribution in [0.5, 0.6) is 0 Å². The number of carbonyl (C=O) groups is 2. The number of aliphatic hydroxyl groups excluding tert-OH is 1. The van der Waals surface area contributed by atoms with E-state index in [1.165, 1.54) is 0 Å². The van der Waals surface area contributed by atoms with Crippen LogP contribution in [-0.4, -0.2) is 52.9 Å². The topological polar surface area (TPSA) is 66.8 Å². The van der Waals surface area contributed by atoms with E-state index in [1.807, 2.05) is 23.3 Å². The van der Waals surface area contributed by atoms with Crippen molar-refractivity contribution in [1.82, 2.24) is 5.06 Å². The Morgan fingerprint density at radius 3 is 2.81 bits per heavy atom. The van der Waals surface area contributed by atoms with Crippen molar-refractivity contribution < 1.29 is 19.5 Å². The Morgan fingerprint density at radius 1 is 1.28 bits per heavy atom. The molecule has 3 fully saturated rings. The molecule has 1 heterocycles. The standard InChI is InChI=1S/C29H37Cl2NO4/c1-28-12-11-21(33)14-19(28)7-10-22-23-4-3-13-32(17-18-5-8-20(31)9-6-18)36-27(25(35)16-30)29(23,2)15-24(34)26(22)28/h5,8-9,11-12,14,18,22-24,26-27,34H,3-4,6-7,10,13,15-17H2,1-2H3. The molecule has 8 unspecified atom stereocenters. The fraction of sp³-hybridized carbons (Fsp3) is 0.655. The monoisotopic (exact) mass is 533 g/mol. The van der Waals surface area contributed by atoms with Gasteiger partial charge >= 0.3 is 0 Å². The van der Waals surface area contributed by atoms with Gasteiger partial charge in [0.1, 0.15) is 6.10 Å². The van der Waals surface area contributed by atoms with E-state index < -0.39 is 17.6 Å². The minimum atomic E-state index is -0.698. The normalized spacial score (nSPS) is 42.9. The second kappa shape index (κ2) is 10.1. The largest absolute Gasteiger partial charge is 0.393 e. The Kier molecular flexibility index (Phi) is 7.43. The lowest BCUT2D eigenvalue weighted by molar-refractivity contribution is -0.263. The lowest BCUT2D eigenvalue weighted by Gasteiger charge is -2.61. The molecule has 196 valence electrons. The first-order valence-electron chi connectivity index (χ1n) is 13.3. The molecular weight excluding hydrogens is 497 g/mol. The summed E-state index contributed by atoms with van der Waals surface area (Å²) in [5.74, 6) is 0.573. The average Bonchev–Trinajstić information content (AvgIpc) is 2.84. The van der Waals surface area contributed by atoms with E-state index in [0.29, 0.717) is 13.0 Å². The van der Waals surface area contributed by atoms with Crippen molar-refractivity contribution in [3.63, 3.8) is 0 Å². The summed E-state index contributed by atoms with van der Waals surface area (Å²) >= 11 is 12.2. The van der Waals surface area contributed by atoms with Crippen molar-refractivity contribution in [3.8, 4) is 0 Å². The second-order valence-corrected chi connectivity index (χ2v) is 12.6. The van der Waals surface area contributed by atoms with Gasteiger partial charge in [-0.25, -0.2) is 0 Å². The third-order valence-electron chi connectivity index (χ3n) is 9.71. The highest BCUT2D eigenvalue weighted by molar-refractivity contribution is 6.31. The van der Waals surface area contributed by atoms with Crippen LogP contribution >= 0.6 is 23.2 Å². The zero-order chi connectivity index (χ0) is 25.7. The van der Waals surface area contributed by atoms with Crippen molar-refractivity contribution in [2.45, 2.75) is 64.6 Å². The predicted octanol–water partition coefficient (Wildman–Crippen LogP) is 5.37. The predicted molar refractivity (Wildman–Crippen MR) is 141 cm³/mol. The molecule has 8 atom stereocenters. The van der Waals surface area contributed by atoms with Crippen LogP contribution < -0.4 is 0 Å². The molecule has 7 heteroatoms. The quantitative estimate of drug-likeness (QED) is 0.491. The zero-order valence-electron chi connectivity index (χ0n) is 21.2. The van der Waals surface area contributed by atoms with Crippen LogP contribution in [0.15, 0.2) is 47.1 Å². The van der Waals surface area contributed by atoms with Crippen molar-refractivity contribution in [3.05, 3.63) is 47.1 Å². The number of hydrogen-bond acceptors (Lipinski definition) is 5. The maximum Gasteiger partial charge on any atom is 0.178 e. The molecule has 0 amide bonds. The maximum absolute atomic E-state index is 13.3. The fourth-order valence-electron chi connectivity index (χ4n) is 8.03. The summed E-state index contributed by atoms with van der Waals surface area (Å²) in [4.78, 5) is 31.9. The average molecular weight is 535 g/mol. The Bertz CT molecular complexity index is 1030. The number of rotatable bonds is 4. The van der Waals surface area contributed by atoms with Crippen LogP contribution in [0.1, 0.15) is 52.4 Å². The van der Waals surface area contributed by atoms with E-state index >= 15 is 0 Å². The van der Waals surface area contributed by atoms with Crippen LogP contribution in [0.2, 0.25) is 0 Å². The van der Waals surface area contributed by atoms with E-state index in [2.05, 4.69) is 19.9 Å². The van der Waals surface area contributed by atoms with E-state index in [-0.39, 0.29) is 46.5 Å². The number of aliphatic hydroxyl groups is 1. The molecular formula is C29H37Cl2NO4. The molecule has 1 saturated heterocycles. The van der Waals surface area contributed by atoms with Gasteiger partial charge in [-0.05, 0) is 74.5 Å². The van der Waals surface area contributed by atoms with Crippen LogP contribution in [0.25, 0.3) is 0 Å². The molecule has 0 bridgehead atoms. The van der Waals surface area contributed by atoms with Gasteiger partial charge in [0.2, 0.25) is 0 Å². The Hall–Kier alpha value is -1.24. The highest BCUT2D eigenvalue weighted by atomic mass is 35.5. The van der Waals surface area contributed by atoms with Crippen LogP contribution in [0.4, 0.5) is 0 Å². The SMILES string of the molecule is CC12C=CC(=O)C=C1CCC1C2C(O)CC2(C)C(C(=O)CCl)ON(CC3C=CC(Cl)=CC3)CCCC12. The van der Waals surface area contributed by atoms with Gasteiger partial charge in [-0.1, -0.05) is 49.2 Å².